The van der Waals surface area contributed by atoms with E-state index in [-0.39, 0.29) is 34.7 Å². The van der Waals surface area contributed by atoms with Crippen molar-refractivity contribution in [2.75, 3.05) is 44.8 Å². The molecular formula is C27H34N2O9. The van der Waals surface area contributed by atoms with Gasteiger partial charge in [-0.05, 0) is 25.5 Å². The Morgan fingerprint density at radius 2 is 1.76 bits per heavy atom. The van der Waals surface area contributed by atoms with Crippen molar-refractivity contribution in [1.82, 2.24) is 4.90 Å². The van der Waals surface area contributed by atoms with E-state index in [4.69, 9.17) is 14.2 Å². The van der Waals surface area contributed by atoms with Gasteiger partial charge in [0.05, 0.1) is 19.3 Å². The molecule has 3 aliphatic heterocycles. The first kappa shape index (κ1) is 26.5. The molecule has 0 radical (unpaired) electrons. The van der Waals surface area contributed by atoms with Crippen LogP contribution in [0, 0.1) is 13.8 Å². The maximum atomic E-state index is 13.2. The molecule has 2 saturated heterocycles. The lowest BCUT2D eigenvalue weighted by Gasteiger charge is -2.45. The van der Waals surface area contributed by atoms with Gasteiger partial charge < -0.3 is 44.6 Å². The molecule has 11 heteroatoms. The molecule has 0 aromatic heterocycles. The molecule has 11 nitrogen and oxygen atoms in total. The van der Waals surface area contributed by atoms with Crippen molar-refractivity contribution in [3.63, 3.8) is 0 Å². The topological polar surface area (TPSA) is 152 Å². The number of rotatable bonds is 5. The molecule has 3 heterocycles. The Kier molecular flexibility index (Phi) is 7.14. The van der Waals surface area contributed by atoms with Crippen molar-refractivity contribution >= 4 is 11.7 Å². The van der Waals surface area contributed by atoms with E-state index in [1.165, 1.54) is 23.9 Å². The maximum absolute atomic E-state index is 13.2. The van der Waals surface area contributed by atoms with E-state index in [1.807, 2.05) is 0 Å². The number of hydrogen-bond acceptors (Lipinski definition) is 11. The highest BCUT2D eigenvalue weighted by Gasteiger charge is 2.53. The zero-order valence-electron chi connectivity index (χ0n) is 21.6. The van der Waals surface area contributed by atoms with Gasteiger partial charge in [-0.3, -0.25) is 4.90 Å². The molecule has 0 amide bonds. The number of aliphatic hydroxyl groups is 3. The summed E-state index contributed by atoms with van der Waals surface area (Å²) in [6, 6.07) is 6.36. The van der Waals surface area contributed by atoms with Gasteiger partial charge in [-0.2, -0.15) is 0 Å². The zero-order chi connectivity index (χ0) is 27.3. The van der Waals surface area contributed by atoms with Crippen LogP contribution in [0.25, 0.3) is 0 Å². The van der Waals surface area contributed by atoms with E-state index in [2.05, 4.69) is 41.8 Å². The first-order chi connectivity index (χ1) is 18.2. The summed E-state index contributed by atoms with van der Waals surface area (Å²) >= 11 is 0. The number of anilines is 1. The van der Waals surface area contributed by atoms with Crippen molar-refractivity contribution in [2.45, 2.75) is 50.9 Å². The molecule has 5 atom stereocenters. The standard InChI is InChI=1S/C27H34N2O9/c1-13-4-5-16(14(2)10-13)29-8-6-28(7-9-29)11-15-18-19(22(33)25(36-3)20(15)31)24-26(38-27(18)35)23(34)21(32)17(12-30)37-24/h4-5,10,17,21,23-24,26,30-34H,6-9,11-12H2,1-3H3. The number of ether oxygens (including phenoxy) is 3. The van der Waals surface area contributed by atoms with Crippen molar-refractivity contribution in [2.24, 2.45) is 0 Å². The van der Waals surface area contributed by atoms with E-state index in [9.17, 15) is 30.3 Å². The lowest BCUT2D eigenvalue weighted by molar-refractivity contribution is -0.235. The number of fused-ring (bicyclic) bond motifs is 3. The van der Waals surface area contributed by atoms with Crippen molar-refractivity contribution in [1.29, 1.82) is 0 Å². The maximum Gasteiger partial charge on any atom is 0.339 e. The molecule has 2 fully saturated rings. The van der Waals surface area contributed by atoms with Gasteiger partial charge in [-0.1, -0.05) is 17.7 Å². The van der Waals surface area contributed by atoms with Crippen LogP contribution in [0.4, 0.5) is 5.69 Å². The van der Waals surface area contributed by atoms with Gasteiger partial charge in [-0.15, -0.1) is 0 Å². The average Bonchev–Trinajstić information content (AvgIpc) is 2.89. The molecule has 5 N–H and O–H groups in total. The number of hydrogen-bond donors (Lipinski definition) is 5. The third-order valence-electron chi connectivity index (χ3n) is 7.79. The van der Waals surface area contributed by atoms with Crippen LogP contribution in [-0.4, -0.2) is 101 Å². The SMILES string of the molecule is COc1c(O)c(CN2CCN(c3ccc(C)cc3C)CC2)c2c(c1O)C1OC(CO)C(O)C(O)C1OC2=O. The van der Waals surface area contributed by atoms with Gasteiger partial charge in [0.1, 0.15) is 24.4 Å². The second kappa shape index (κ2) is 10.2. The Morgan fingerprint density at radius 3 is 2.39 bits per heavy atom. The largest absolute Gasteiger partial charge is 0.504 e. The molecular weight excluding hydrogens is 496 g/mol. The summed E-state index contributed by atoms with van der Waals surface area (Å²) in [7, 11) is 1.28. The van der Waals surface area contributed by atoms with Crippen LogP contribution < -0.4 is 9.64 Å². The summed E-state index contributed by atoms with van der Waals surface area (Å²) < 4.78 is 16.5. The average molecular weight is 531 g/mol. The first-order valence-corrected chi connectivity index (χ1v) is 12.7. The first-order valence-electron chi connectivity index (χ1n) is 12.7. The fraction of sp³-hybridized carbons (Fsp3) is 0.519. The highest BCUT2D eigenvalue weighted by Crippen LogP contribution is 2.52. The van der Waals surface area contributed by atoms with Crippen LogP contribution in [0.2, 0.25) is 0 Å². The number of piperazine rings is 1. The minimum atomic E-state index is -1.55. The number of carbonyl (C=O) groups is 1. The number of benzene rings is 2. The van der Waals surface area contributed by atoms with Gasteiger partial charge in [-0.25, -0.2) is 4.79 Å². The third kappa shape index (κ3) is 4.34. The molecule has 5 rings (SSSR count). The third-order valence-corrected chi connectivity index (χ3v) is 7.79. The minimum absolute atomic E-state index is 0.00536. The Hall–Kier alpha value is -3.09. The van der Waals surface area contributed by atoms with Crippen LogP contribution >= 0.6 is 0 Å². The molecule has 206 valence electrons. The lowest BCUT2D eigenvalue weighted by Crippen LogP contribution is -2.58. The Bertz CT molecular complexity index is 1230. The molecule has 0 saturated carbocycles. The van der Waals surface area contributed by atoms with Crippen LogP contribution in [0.1, 0.15) is 38.7 Å². The van der Waals surface area contributed by atoms with Crippen LogP contribution in [0.3, 0.4) is 0 Å². The van der Waals surface area contributed by atoms with Gasteiger partial charge >= 0.3 is 5.97 Å². The predicted molar refractivity (Wildman–Crippen MR) is 136 cm³/mol. The van der Waals surface area contributed by atoms with Crippen molar-refractivity contribution < 1.29 is 44.5 Å². The summed E-state index contributed by atoms with van der Waals surface area (Å²) in [4.78, 5) is 17.6. The summed E-state index contributed by atoms with van der Waals surface area (Å²) in [6.45, 7) is 6.51. The summed E-state index contributed by atoms with van der Waals surface area (Å²) in [6.07, 6.45) is -6.72. The smallest absolute Gasteiger partial charge is 0.339 e. The number of carbonyl (C=O) groups excluding carboxylic acids is 1. The van der Waals surface area contributed by atoms with Crippen LogP contribution in [0.5, 0.6) is 17.2 Å². The van der Waals surface area contributed by atoms with E-state index in [0.29, 0.717) is 13.1 Å². The highest BCUT2D eigenvalue weighted by atomic mass is 16.6. The Labute approximate surface area is 220 Å². The molecule has 2 aromatic rings. The quantitative estimate of drug-likeness (QED) is 0.348. The number of phenols is 2. The van der Waals surface area contributed by atoms with Crippen molar-refractivity contribution in [3.05, 3.63) is 46.0 Å². The van der Waals surface area contributed by atoms with Crippen LogP contribution in [-0.2, 0) is 16.0 Å². The second-order valence-electron chi connectivity index (χ2n) is 10.2. The summed E-state index contributed by atoms with van der Waals surface area (Å²) in [5.74, 6) is -2.00. The molecule has 0 aliphatic carbocycles. The number of nitrogens with zero attached hydrogens (tertiary/aromatic N) is 2. The van der Waals surface area contributed by atoms with Gasteiger partial charge in [0.25, 0.3) is 0 Å². The molecule has 0 bridgehead atoms. The molecule has 38 heavy (non-hydrogen) atoms. The minimum Gasteiger partial charge on any atom is -0.504 e. The Morgan fingerprint density at radius 1 is 1.05 bits per heavy atom. The number of esters is 1. The number of aliphatic hydroxyl groups excluding tert-OH is 3. The van der Waals surface area contributed by atoms with Crippen LogP contribution in [0.15, 0.2) is 18.2 Å². The number of aryl methyl sites for hydroxylation is 2. The monoisotopic (exact) mass is 530 g/mol. The van der Waals surface area contributed by atoms with E-state index < -0.39 is 48.8 Å². The fourth-order valence-corrected chi connectivity index (χ4v) is 5.80. The second-order valence-corrected chi connectivity index (χ2v) is 10.2. The molecule has 5 unspecified atom stereocenters. The molecule has 0 spiro atoms. The van der Waals surface area contributed by atoms with E-state index in [1.54, 1.807) is 0 Å². The number of aromatic hydroxyl groups is 2. The highest BCUT2D eigenvalue weighted by molar-refractivity contribution is 5.97. The normalized spacial score (nSPS) is 27.5. The lowest BCUT2D eigenvalue weighted by atomic mass is 9.84. The van der Waals surface area contributed by atoms with Gasteiger partial charge in [0.15, 0.2) is 17.6 Å². The fourth-order valence-electron chi connectivity index (χ4n) is 5.80. The number of methoxy groups -OCH3 is 1. The van der Waals surface area contributed by atoms with E-state index in [0.717, 1.165) is 13.1 Å². The number of phenolic OH excluding ortho intramolecular Hbond substituents is 2. The van der Waals surface area contributed by atoms with Gasteiger partial charge in [0, 0.05) is 49.5 Å². The molecule has 2 aromatic carbocycles. The van der Waals surface area contributed by atoms with E-state index >= 15 is 0 Å². The predicted octanol–water partition coefficient (Wildman–Crippen LogP) is 0.738. The Balaban J connectivity index is 1.46. The summed E-state index contributed by atoms with van der Waals surface area (Å²) in [5, 5.41) is 52.6. The summed E-state index contributed by atoms with van der Waals surface area (Å²) in [5.41, 5.74) is 3.71. The zero-order valence-corrected chi connectivity index (χ0v) is 21.6. The van der Waals surface area contributed by atoms with Gasteiger partial charge in [0.2, 0.25) is 5.75 Å². The van der Waals surface area contributed by atoms with Crippen molar-refractivity contribution in [3.8, 4) is 17.2 Å². The molecule has 3 aliphatic rings.